The van der Waals surface area contributed by atoms with E-state index in [1.807, 2.05) is 48.5 Å². The number of carbonyl (C=O) groups excluding carboxylic acids is 1. The number of nitrogens with zero attached hydrogens (tertiary/aromatic N) is 1. The van der Waals surface area contributed by atoms with Crippen molar-refractivity contribution in [1.29, 1.82) is 0 Å². The van der Waals surface area contributed by atoms with Gasteiger partial charge < -0.3 is 10.5 Å². The molecule has 0 saturated heterocycles. The van der Waals surface area contributed by atoms with Gasteiger partial charge in [-0.1, -0.05) is 30.3 Å². The van der Waals surface area contributed by atoms with E-state index in [4.69, 9.17) is 10.5 Å². The Labute approximate surface area is 135 Å². The second kappa shape index (κ2) is 6.71. The van der Waals surface area contributed by atoms with E-state index in [1.54, 1.807) is 0 Å². The number of hydroxylamine groups is 2. The molecule has 23 heavy (non-hydrogen) atoms. The van der Waals surface area contributed by atoms with Crippen LogP contribution in [0.3, 0.4) is 0 Å². The number of rotatable bonds is 4. The maximum Gasteiger partial charge on any atom is 0.338 e. The van der Waals surface area contributed by atoms with E-state index < -0.39 is 6.03 Å². The highest BCUT2D eigenvalue weighted by molar-refractivity contribution is 5.71. The largest absolute Gasteiger partial charge is 0.457 e. The Balaban J connectivity index is 1.70. The lowest BCUT2D eigenvalue weighted by molar-refractivity contribution is -0.0730. The van der Waals surface area contributed by atoms with Gasteiger partial charge in [0.2, 0.25) is 0 Å². The van der Waals surface area contributed by atoms with Crippen molar-refractivity contribution >= 4 is 6.03 Å². The molecule has 0 unspecified atom stereocenters. The summed E-state index contributed by atoms with van der Waals surface area (Å²) in [5.41, 5.74) is 6.28. The number of hydrogen-bond donors (Lipinski definition) is 2. The van der Waals surface area contributed by atoms with E-state index in [1.165, 1.54) is 0 Å². The molecule has 120 valence electrons. The molecule has 2 atom stereocenters. The monoisotopic (exact) mass is 312 g/mol. The Bertz CT molecular complexity index is 675. The van der Waals surface area contributed by atoms with Gasteiger partial charge in [-0.15, -0.1) is 0 Å². The summed E-state index contributed by atoms with van der Waals surface area (Å²) >= 11 is 0. The summed E-state index contributed by atoms with van der Waals surface area (Å²) in [6.45, 7) is 0. The normalized spacial score (nSPS) is 20.2. The number of carbonyl (C=O) groups is 1. The maximum atomic E-state index is 11.1. The molecular formula is C18H20N2O3. The fourth-order valence-corrected chi connectivity index (χ4v) is 3.12. The van der Waals surface area contributed by atoms with Crippen molar-refractivity contribution in [3.8, 4) is 11.5 Å². The minimum atomic E-state index is -0.795. The summed E-state index contributed by atoms with van der Waals surface area (Å²) in [5.74, 6) is 1.87. The first-order valence-corrected chi connectivity index (χ1v) is 7.74. The Morgan fingerprint density at radius 2 is 1.83 bits per heavy atom. The van der Waals surface area contributed by atoms with Crippen molar-refractivity contribution in [2.24, 2.45) is 5.73 Å². The van der Waals surface area contributed by atoms with Crippen LogP contribution in [-0.2, 0) is 0 Å². The first-order chi connectivity index (χ1) is 11.1. The first kappa shape index (κ1) is 15.4. The smallest absolute Gasteiger partial charge is 0.338 e. The maximum absolute atomic E-state index is 11.1. The van der Waals surface area contributed by atoms with E-state index in [-0.39, 0.29) is 12.0 Å². The Morgan fingerprint density at radius 1 is 1.09 bits per heavy atom. The van der Waals surface area contributed by atoms with Crippen LogP contribution < -0.4 is 10.5 Å². The van der Waals surface area contributed by atoms with E-state index in [0.717, 1.165) is 29.9 Å². The fraction of sp³-hybridized carbons (Fsp3) is 0.278. The summed E-state index contributed by atoms with van der Waals surface area (Å²) in [7, 11) is 0. The van der Waals surface area contributed by atoms with Crippen LogP contribution >= 0.6 is 0 Å². The fourth-order valence-electron chi connectivity index (χ4n) is 3.12. The first-order valence-electron chi connectivity index (χ1n) is 7.74. The molecule has 1 aliphatic carbocycles. The SMILES string of the molecule is NC(=O)N(O)[C@@H]1CC[C@@H](c2cccc(Oc3ccccc3)c2)C1. The van der Waals surface area contributed by atoms with E-state index in [0.29, 0.717) is 11.5 Å². The molecule has 0 spiro atoms. The second-order valence-corrected chi connectivity index (χ2v) is 5.83. The molecule has 1 fully saturated rings. The molecule has 2 amide bonds. The molecule has 2 aromatic carbocycles. The van der Waals surface area contributed by atoms with Gasteiger partial charge in [-0.05, 0) is 55.0 Å². The third kappa shape index (κ3) is 3.63. The zero-order valence-corrected chi connectivity index (χ0v) is 12.8. The zero-order chi connectivity index (χ0) is 16.2. The Morgan fingerprint density at radius 3 is 2.57 bits per heavy atom. The van der Waals surface area contributed by atoms with Crippen LogP contribution in [0.2, 0.25) is 0 Å². The predicted octanol–water partition coefficient (Wildman–Crippen LogP) is 3.88. The molecule has 1 saturated carbocycles. The van der Waals surface area contributed by atoms with Crippen LogP contribution in [0, 0.1) is 0 Å². The van der Waals surface area contributed by atoms with Crippen molar-refractivity contribution in [3.63, 3.8) is 0 Å². The molecule has 5 heteroatoms. The summed E-state index contributed by atoms with van der Waals surface area (Å²) in [5, 5.41) is 10.3. The van der Waals surface area contributed by atoms with Gasteiger partial charge in [0.05, 0.1) is 6.04 Å². The van der Waals surface area contributed by atoms with E-state index >= 15 is 0 Å². The second-order valence-electron chi connectivity index (χ2n) is 5.83. The Hall–Kier alpha value is -2.53. The number of benzene rings is 2. The molecule has 5 nitrogen and oxygen atoms in total. The van der Waals surface area contributed by atoms with Crippen LogP contribution in [0.15, 0.2) is 54.6 Å². The van der Waals surface area contributed by atoms with Crippen LogP contribution in [0.25, 0.3) is 0 Å². The number of primary amides is 1. The molecule has 0 aromatic heterocycles. The van der Waals surface area contributed by atoms with Gasteiger partial charge in [-0.2, -0.15) is 0 Å². The highest BCUT2D eigenvalue weighted by atomic mass is 16.5. The summed E-state index contributed by atoms with van der Waals surface area (Å²) in [6, 6.07) is 16.6. The van der Waals surface area contributed by atoms with Crippen LogP contribution in [0.5, 0.6) is 11.5 Å². The lowest BCUT2D eigenvalue weighted by Crippen LogP contribution is -2.39. The van der Waals surface area contributed by atoms with Crippen molar-refractivity contribution in [2.45, 2.75) is 31.2 Å². The molecule has 3 N–H and O–H groups in total. The standard InChI is InChI=1S/C18H20N2O3/c19-18(21)20(22)15-10-9-14(11-15)13-5-4-8-17(12-13)23-16-6-2-1-3-7-16/h1-8,12,14-15,22H,9-11H2,(H2,19,21)/t14-,15-/m1/s1. The Kier molecular flexibility index (Phi) is 4.48. The van der Waals surface area contributed by atoms with E-state index in [2.05, 4.69) is 6.07 Å². The van der Waals surface area contributed by atoms with Gasteiger partial charge in [-0.3, -0.25) is 5.21 Å². The van der Waals surface area contributed by atoms with Crippen LogP contribution in [0.4, 0.5) is 4.79 Å². The van der Waals surface area contributed by atoms with Crippen molar-refractivity contribution in [1.82, 2.24) is 5.06 Å². The third-order valence-corrected chi connectivity index (χ3v) is 4.29. The molecule has 3 rings (SSSR count). The number of amides is 2. The lowest BCUT2D eigenvalue weighted by Gasteiger charge is -2.20. The van der Waals surface area contributed by atoms with Gasteiger partial charge in [0.1, 0.15) is 11.5 Å². The average Bonchev–Trinajstić information content (AvgIpc) is 3.05. The molecule has 0 radical (unpaired) electrons. The van der Waals surface area contributed by atoms with Gasteiger partial charge in [-0.25, -0.2) is 9.86 Å². The minimum Gasteiger partial charge on any atom is -0.457 e. The van der Waals surface area contributed by atoms with Crippen molar-refractivity contribution in [3.05, 3.63) is 60.2 Å². The number of para-hydroxylation sites is 1. The highest BCUT2D eigenvalue weighted by Gasteiger charge is 2.31. The topological polar surface area (TPSA) is 75.8 Å². The quantitative estimate of drug-likeness (QED) is 0.664. The summed E-state index contributed by atoms with van der Waals surface area (Å²) in [6.07, 6.45) is 2.35. The number of urea groups is 1. The third-order valence-electron chi connectivity index (χ3n) is 4.29. The lowest BCUT2D eigenvalue weighted by atomic mass is 9.97. The predicted molar refractivity (Wildman–Crippen MR) is 86.5 cm³/mol. The summed E-state index contributed by atoms with van der Waals surface area (Å²) in [4.78, 5) is 11.1. The van der Waals surface area contributed by atoms with E-state index in [9.17, 15) is 10.0 Å². The molecule has 0 heterocycles. The van der Waals surface area contributed by atoms with Crippen molar-refractivity contribution in [2.75, 3.05) is 0 Å². The number of nitrogens with two attached hydrogens (primary N) is 1. The van der Waals surface area contributed by atoms with Crippen LogP contribution in [-0.4, -0.2) is 22.3 Å². The van der Waals surface area contributed by atoms with Gasteiger partial charge in [0.15, 0.2) is 0 Å². The van der Waals surface area contributed by atoms with Gasteiger partial charge in [0, 0.05) is 0 Å². The van der Waals surface area contributed by atoms with Crippen molar-refractivity contribution < 1.29 is 14.7 Å². The minimum absolute atomic E-state index is 0.212. The molecule has 0 bridgehead atoms. The van der Waals surface area contributed by atoms with Gasteiger partial charge >= 0.3 is 6.03 Å². The highest BCUT2D eigenvalue weighted by Crippen LogP contribution is 2.38. The van der Waals surface area contributed by atoms with Crippen LogP contribution in [0.1, 0.15) is 30.7 Å². The molecule has 0 aliphatic heterocycles. The molecule has 2 aromatic rings. The zero-order valence-electron chi connectivity index (χ0n) is 12.8. The summed E-state index contributed by atoms with van der Waals surface area (Å²) < 4.78 is 5.86. The number of ether oxygens (including phenoxy) is 1. The molecular weight excluding hydrogens is 292 g/mol. The number of hydrogen-bond acceptors (Lipinski definition) is 3. The average molecular weight is 312 g/mol. The van der Waals surface area contributed by atoms with Gasteiger partial charge in [0.25, 0.3) is 0 Å². The molecule has 1 aliphatic rings.